The summed E-state index contributed by atoms with van der Waals surface area (Å²) in [4.78, 5) is 35.9. The second-order valence-electron chi connectivity index (χ2n) is 6.58. The Morgan fingerprint density at radius 3 is 1.90 bits per heavy atom. The number of carboxylic acids is 1. The Hall–Kier alpha value is -3.55. The van der Waals surface area contributed by atoms with E-state index in [1.54, 1.807) is 36.4 Å². The fourth-order valence-electron chi connectivity index (χ4n) is 2.79. The predicted molar refractivity (Wildman–Crippen MR) is 106 cm³/mol. The maximum atomic E-state index is 12.7. The maximum Gasteiger partial charge on any atom is 0.326 e. The van der Waals surface area contributed by atoms with Gasteiger partial charge in [-0.05, 0) is 35.4 Å². The van der Waals surface area contributed by atoms with E-state index in [2.05, 4.69) is 10.6 Å². The van der Waals surface area contributed by atoms with Crippen molar-refractivity contribution >= 4 is 17.8 Å². The SMILES string of the molecule is COc1ccc(C[C@H](NC(=O)[C@H](Cc2ccc(O)cc2)NC(C)=O)C(=O)O)cc1. The van der Waals surface area contributed by atoms with Gasteiger partial charge in [0.25, 0.3) is 0 Å². The third-order valence-electron chi connectivity index (χ3n) is 4.28. The van der Waals surface area contributed by atoms with Gasteiger partial charge in [0, 0.05) is 19.8 Å². The van der Waals surface area contributed by atoms with Crippen molar-refractivity contribution in [3.8, 4) is 11.5 Å². The van der Waals surface area contributed by atoms with E-state index < -0.39 is 29.9 Å². The van der Waals surface area contributed by atoms with Crippen molar-refractivity contribution in [1.29, 1.82) is 0 Å². The fourth-order valence-corrected chi connectivity index (χ4v) is 2.79. The average molecular weight is 400 g/mol. The molecule has 2 rings (SSSR count). The molecule has 0 bridgehead atoms. The number of aliphatic carboxylic acids is 1. The van der Waals surface area contributed by atoms with E-state index in [0.29, 0.717) is 16.9 Å². The van der Waals surface area contributed by atoms with E-state index >= 15 is 0 Å². The highest BCUT2D eigenvalue weighted by atomic mass is 16.5. The first-order valence-electron chi connectivity index (χ1n) is 8.99. The van der Waals surface area contributed by atoms with Crippen molar-refractivity contribution in [1.82, 2.24) is 10.6 Å². The molecule has 8 heteroatoms. The molecule has 0 saturated carbocycles. The minimum atomic E-state index is -1.18. The number of carbonyl (C=O) groups excluding carboxylic acids is 2. The number of nitrogens with one attached hydrogen (secondary N) is 2. The largest absolute Gasteiger partial charge is 0.508 e. The first-order chi connectivity index (χ1) is 13.8. The molecule has 2 amide bonds. The summed E-state index contributed by atoms with van der Waals surface area (Å²) >= 11 is 0. The summed E-state index contributed by atoms with van der Waals surface area (Å²) < 4.78 is 5.08. The number of carbonyl (C=O) groups is 3. The molecule has 154 valence electrons. The van der Waals surface area contributed by atoms with Gasteiger partial charge >= 0.3 is 5.97 Å². The second-order valence-corrected chi connectivity index (χ2v) is 6.58. The van der Waals surface area contributed by atoms with Crippen LogP contribution in [0.2, 0.25) is 0 Å². The number of methoxy groups -OCH3 is 1. The lowest BCUT2D eigenvalue weighted by molar-refractivity contribution is -0.142. The summed E-state index contributed by atoms with van der Waals surface area (Å²) in [6, 6.07) is 11.0. The fraction of sp³-hybridized carbons (Fsp3) is 0.286. The normalized spacial score (nSPS) is 12.5. The molecule has 0 spiro atoms. The van der Waals surface area contributed by atoms with Crippen LogP contribution >= 0.6 is 0 Å². The van der Waals surface area contributed by atoms with Crippen LogP contribution in [-0.4, -0.2) is 47.2 Å². The van der Waals surface area contributed by atoms with Crippen molar-refractivity contribution < 1.29 is 29.3 Å². The topological polar surface area (TPSA) is 125 Å². The van der Waals surface area contributed by atoms with Gasteiger partial charge in [0.1, 0.15) is 23.6 Å². The molecule has 0 aliphatic heterocycles. The molecule has 0 aromatic heterocycles. The van der Waals surface area contributed by atoms with Gasteiger partial charge in [0.05, 0.1) is 7.11 Å². The molecule has 2 aromatic rings. The molecular weight excluding hydrogens is 376 g/mol. The van der Waals surface area contributed by atoms with Gasteiger partial charge < -0.3 is 25.6 Å². The summed E-state index contributed by atoms with van der Waals surface area (Å²) in [5.74, 6) is -1.47. The number of rotatable bonds is 9. The van der Waals surface area contributed by atoms with E-state index in [1.165, 1.54) is 26.2 Å². The smallest absolute Gasteiger partial charge is 0.326 e. The van der Waals surface area contributed by atoms with Crippen LogP contribution in [0, 0.1) is 0 Å². The van der Waals surface area contributed by atoms with Crippen LogP contribution in [0.1, 0.15) is 18.1 Å². The quantitative estimate of drug-likeness (QED) is 0.502. The molecule has 0 aliphatic carbocycles. The van der Waals surface area contributed by atoms with Gasteiger partial charge in [-0.15, -0.1) is 0 Å². The number of hydrogen-bond acceptors (Lipinski definition) is 5. The molecule has 2 atom stereocenters. The summed E-state index contributed by atoms with van der Waals surface area (Å²) in [6.45, 7) is 1.28. The third kappa shape index (κ3) is 6.84. The van der Waals surface area contributed by atoms with Gasteiger partial charge in [0.15, 0.2) is 0 Å². The lowest BCUT2D eigenvalue weighted by Crippen LogP contribution is -2.52. The van der Waals surface area contributed by atoms with Gasteiger partial charge in [-0.25, -0.2) is 4.79 Å². The molecule has 0 saturated heterocycles. The molecule has 0 unspecified atom stereocenters. The molecule has 4 N–H and O–H groups in total. The zero-order chi connectivity index (χ0) is 21.4. The Balaban J connectivity index is 2.11. The Morgan fingerprint density at radius 1 is 0.897 bits per heavy atom. The van der Waals surface area contributed by atoms with Crippen molar-refractivity contribution in [2.75, 3.05) is 7.11 Å². The van der Waals surface area contributed by atoms with E-state index in [0.717, 1.165) is 0 Å². The molecular formula is C21H24N2O6. The van der Waals surface area contributed by atoms with E-state index in [-0.39, 0.29) is 18.6 Å². The Kier molecular flexibility index (Phi) is 7.59. The van der Waals surface area contributed by atoms with Crippen molar-refractivity contribution in [3.05, 3.63) is 59.7 Å². The van der Waals surface area contributed by atoms with Crippen molar-refractivity contribution in [3.63, 3.8) is 0 Å². The number of ether oxygens (including phenoxy) is 1. The zero-order valence-corrected chi connectivity index (χ0v) is 16.2. The molecule has 2 aromatic carbocycles. The molecule has 29 heavy (non-hydrogen) atoms. The second kappa shape index (κ2) is 10.1. The van der Waals surface area contributed by atoms with Crippen LogP contribution in [0.3, 0.4) is 0 Å². The van der Waals surface area contributed by atoms with Gasteiger partial charge in [-0.3, -0.25) is 9.59 Å². The standard InChI is InChI=1S/C21H24N2O6/c1-13(24)22-18(11-14-3-7-16(25)8-4-14)20(26)23-19(21(27)28)12-15-5-9-17(29-2)10-6-15/h3-10,18-19,25H,11-12H2,1-2H3,(H,22,24)(H,23,26)(H,27,28)/t18-,19-/m0/s1. The van der Waals surface area contributed by atoms with Gasteiger partial charge in [0.2, 0.25) is 11.8 Å². The van der Waals surface area contributed by atoms with Crippen molar-refractivity contribution in [2.24, 2.45) is 0 Å². The molecule has 8 nitrogen and oxygen atoms in total. The molecule has 0 fully saturated rings. The maximum absolute atomic E-state index is 12.7. The summed E-state index contributed by atoms with van der Waals surface area (Å²) in [5, 5.41) is 23.9. The molecule has 0 radical (unpaired) electrons. The van der Waals surface area contributed by atoms with Crippen LogP contribution in [0.15, 0.2) is 48.5 Å². The van der Waals surface area contributed by atoms with E-state index in [4.69, 9.17) is 4.74 Å². The number of benzene rings is 2. The highest BCUT2D eigenvalue weighted by molar-refractivity contribution is 5.90. The van der Waals surface area contributed by atoms with Gasteiger partial charge in [-0.2, -0.15) is 0 Å². The van der Waals surface area contributed by atoms with Crippen molar-refractivity contribution in [2.45, 2.75) is 31.8 Å². The Morgan fingerprint density at radius 2 is 1.41 bits per heavy atom. The third-order valence-corrected chi connectivity index (χ3v) is 4.28. The van der Waals surface area contributed by atoms with Crippen LogP contribution in [-0.2, 0) is 27.2 Å². The van der Waals surface area contributed by atoms with E-state index in [1.807, 2.05) is 0 Å². The number of hydrogen-bond donors (Lipinski definition) is 4. The van der Waals surface area contributed by atoms with Crippen LogP contribution in [0.25, 0.3) is 0 Å². The lowest BCUT2D eigenvalue weighted by atomic mass is 10.0. The molecule has 0 aliphatic rings. The van der Waals surface area contributed by atoms with E-state index in [9.17, 15) is 24.6 Å². The van der Waals surface area contributed by atoms with Crippen LogP contribution in [0.5, 0.6) is 11.5 Å². The highest BCUT2D eigenvalue weighted by Gasteiger charge is 2.26. The number of carboxylic acid groups (broad SMARTS) is 1. The number of amides is 2. The van der Waals surface area contributed by atoms with Gasteiger partial charge in [-0.1, -0.05) is 24.3 Å². The number of phenolic OH excluding ortho intramolecular Hbond substituents is 1. The Bertz CT molecular complexity index is 848. The summed E-state index contributed by atoms with van der Waals surface area (Å²) in [7, 11) is 1.53. The summed E-state index contributed by atoms with van der Waals surface area (Å²) in [5.41, 5.74) is 1.42. The predicted octanol–water partition coefficient (Wildman–Crippen LogP) is 1.26. The Labute approximate surface area is 168 Å². The number of aromatic hydroxyl groups is 1. The monoisotopic (exact) mass is 400 g/mol. The average Bonchev–Trinajstić information content (AvgIpc) is 2.68. The number of phenols is 1. The minimum absolute atomic E-state index is 0.0804. The van der Waals surface area contributed by atoms with Crippen LogP contribution < -0.4 is 15.4 Å². The minimum Gasteiger partial charge on any atom is -0.508 e. The lowest BCUT2D eigenvalue weighted by Gasteiger charge is -2.21. The highest BCUT2D eigenvalue weighted by Crippen LogP contribution is 2.14. The first kappa shape index (κ1) is 21.7. The summed E-state index contributed by atoms with van der Waals surface area (Å²) in [6.07, 6.45) is 0.234. The zero-order valence-electron chi connectivity index (χ0n) is 16.2. The first-order valence-corrected chi connectivity index (χ1v) is 8.99. The molecule has 0 heterocycles. The van der Waals surface area contributed by atoms with Crippen LogP contribution in [0.4, 0.5) is 0 Å².